The van der Waals surface area contributed by atoms with Gasteiger partial charge >= 0.3 is 0 Å². The molecule has 1 aromatic rings. The summed E-state index contributed by atoms with van der Waals surface area (Å²) >= 11 is 0. The largest absolute Gasteiger partial charge is 0.350 e. The van der Waals surface area contributed by atoms with Crippen LogP contribution in [-0.2, 0) is 0 Å². The second kappa shape index (κ2) is 5.74. The van der Waals surface area contributed by atoms with Crippen molar-refractivity contribution in [2.24, 2.45) is 5.41 Å². The predicted molar refractivity (Wildman–Crippen MR) is 75.2 cm³/mol. The maximum absolute atomic E-state index is 12.0. The van der Waals surface area contributed by atoms with E-state index >= 15 is 0 Å². The van der Waals surface area contributed by atoms with Gasteiger partial charge in [0.2, 0.25) is 0 Å². The van der Waals surface area contributed by atoms with Crippen LogP contribution in [0.1, 0.15) is 50.1 Å². The molecule has 1 aliphatic rings. The van der Waals surface area contributed by atoms with Crippen LogP contribution in [0, 0.1) is 5.41 Å². The van der Waals surface area contributed by atoms with Gasteiger partial charge in [-0.05, 0) is 30.9 Å². The fraction of sp³-hybridized carbons (Fsp3) is 0.714. The van der Waals surface area contributed by atoms with Gasteiger partial charge in [-0.2, -0.15) is 5.10 Å². The van der Waals surface area contributed by atoms with E-state index in [1.54, 1.807) is 6.07 Å². The number of hydrogen-bond acceptors (Lipinski definition) is 3. The van der Waals surface area contributed by atoms with Crippen molar-refractivity contribution < 1.29 is 4.79 Å². The first kappa shape index (κ1) is 14.1. The number of nitrogens with zero attached hydrogens (tertiary/aromatic N) is 2. The molecular weight excluding hydrogens is 240 g/mol. The molecule has 1 atom stereocenters. The lowest BCUT2D eigenvalue weighted by Crippen LogP contribution is -2.33. The highest BCUT2D eigenvalue weighted by molar-refractivity contribution is 5.92. The minimum atomic E-state index is -0.0857. The molecule has 1 fully saturated rings. The molecule has 1 aromatic heterocycles. The van der Waals surface area contributed by atoms with E-state index in [1.807, 2.05) is 10.9 Å². The number of carbonyl (C=O) groups is 1. The average molecular weight is 264 g/mol. The lowest BCUT2D eigenvalue weighted by Gasteiger charge is -2.23. The van der Waals surface area contributed by atoms with Crippen molar-refractivity contribution >= 4 is 5.91 Å². The molecule has 106 valence electrons. The van der Waals surface area contributed by atoms with E-state index in [4.69, 9.17) is 0 Å². The molecule has 5 nitrogen and oxygen atoms in total. The third-order valence-electron chi connectivity index (χ3n) is 3.27. The molecule has 2 rings (SSSR count). The first-order valence-electron chi connectivity index (χ1n) is 7.00. The highest BCUT2D eigenvalue weighted by atomic mass is 16.1. The summed E-state index contributed by atoms with van der Waals surface area (Å²) < 4.78 is 1.91. The van der Waals surface area contributed by atoms with Crippen LogP contribution in [0.25, 0.3) is 0 Å². The lowest BCUT2D eigenvalue weighted by molar-refractivity contribution is 0.0933. The van der Waals surface area contributed by atoms with Crippen molar-refractivity contribution in [2.75, 3.05) is 19.6 Å². The summed E-state index contributed by atoms with van der Waals surface area (Å²) in [6.07, 6.45) is 4.19. The van der Waals surface area contributed by atoms with Crippen molar-refractivity contribution in [2.45, 2.75) is 39.7 Å². The summed E-state index contributed by atoms with van der Waals surface area (Å²) in [7, 11) is 0. The number of rotatable bonds is 3. The summed E-state index contributed by atoms with van der Waals surface area (Å²) in [6.45, 7) is 8.96. The smallest absolute Gasteiger partial charge is 0.271 e. The van der Waals surface area contributed by atoms with Crippen molar-refractivity contribution in [3.63, 3.8) is 0 Å². The zero-order valence-electron chi connectivity index (χ0n) is 12.1. The van der Waals surface area contributed by atoms with Gasteiger partial charge in [-0.1, -0.05) is 20.8 Å². The Hall–Kier alpha value is -1.36. The van der Waals surface area contributed by atoms with Gasteiger partial charge in [-0.3, -0.25) is 9.48 Å². The second-order valence-corrected chi connectivity index (χ2v) is 6.42. The second-order valence-electron chi connectivity index (χ2n) is 6.42. The van der Waals surface area contributed by atoms with Crippen molar-refractivity contribution in [3.05, 3.63) is 18.0 Å². The summed E-state index contributed by atoms with van der Waals surface area (Å²) in [5.74, 6) is -0.0857. The average Bonchev–Trinajstić information content (AvgIpc) is 2.86. The fourth-order valence-corrected chi connectivity index (χ4v) is 2.16. The highest BCUT2D eigenvalue weighted by Crippen LogP contribution is 2.16. The van der Waals surface area contributed by atoms with Gasteiger partial charge in [-0.25, -0.2) is 0 Å². The first-order valence-corrected chi connectivity index (χ1v) is 7.00. The number of hydrogen-bond donors (Lipinski definition) is 2. The van der Waals surface area contributed by atoms with Gasteiger partial charge in [0.1, 0.15) is 5.69 Å². The van der Waals surface area contributed by atoms with Crippen molar-refractivity contribution in [1.29, 1.82) is 0 Å². The van der Waals surface area contributed by atoms with E-state index < -0.39 is 0 Å². The van der Waals surface area contributed by atoms with Gasteiger partial charge in [0.25, 0.3) is 5.91 Å². The Bertz CT molecular complexity index is 427. The predicted octanol–water partition coefficient (Wildman–Crippen LogP) is 1.58. The maximum atomic E-state index is 12.0. The Morgan fingerprint density at radius 2 is 2.37 bits per heavy atom. The molecule has 0 saturated carbocycles. The van der Waals surface area contributed by atoms with Crippen molar-refractivity contribution in [3.8, 4) is 0 Å². The topological polar surface area (TPSA) is 59.0 Å². The number of piperidine rings is 1. The lowest BCUT2D eigenvalue weighted by atomic mass is 9.97. The van der Waals surface area contributed by atoms with Gasteiger partial charge in [-0.15, -0.1) is 0 Å². The summed E-state index contributed by atoms with van der Waals surface area (Å²) in [6, 6.07) is 2.17. The third kappa shape index (κ3) is 4.06. The van der Waals surface area contributed by atoms with E-state index in [0.29, 0.717) is 18.3 Å². The van der Waals surface area contributed by atoms with E-state index in [-0.39, 0.29) is 11.3 Å². The monoisotopic (exact) mass is 264 g/mol. The molecule has 5 heteroatoms. The van der Waals surface area contributed by atoms with Gasteiger partial charge in [0.05, 0.1) is 6.04 Å². The third-order valence-corrected chi connectivity index (χ3v) is 3.27. The standard InChI is InChI=1S/C14H24N4O/c1-14(2,3)10-16-13(19)12-6-8-18(17-12)11-5-4-7-15-9-11/h6,8,11,15H,4-5,7,9-10H2,1-3H3,(H,16,19). The number of nitrogens with one attached hydrogen (secondary N) is 2. The molecular formula is C14H24N4O. The summed E-state index contributed by atoms with van der Waals surface area (Å²) in [4.78, 5) is 12.0. The van der Waals surface area contributed by atoms with Crippen LogP contribution in [0.15, 0.2) is 12.3 Å². The molecule has 19 heavy (non-hydrogen) atoms. The highest BCUT2D eigenvalue weighted by Gasteiger charge is 2.18. The summed E-state index contributed by atoms with van der Waals surface area (Å²) in [5.41, 5.74) is 0.598. The van der Waals surface area contributed by atoms with Crippen LogP contribution < -0.4 is 10.6 Å². The number of aromatic nitrogens is 2. The zero-order chi connectivity index (χ0) is 13.9. The van der Waals surface area contributed by atoms with E-state index in [0.717, 1.165) is 25.9 Å². The SMILES string of the molecule is CC(C)(C)CNC(=O)c1ccn(C2CCCNC2)n1. The van der Waals surface area contributed by atoms with Gasteiger partial charge in [0.15, 0.2) is 0 Å². The van der Waals surface area contributed by atoms with Gasteiger partial charge in [0, 0.05) is 19.3 Å². The van der Waals surface area contributed by atoms with Gasteiger partial charge < -0.3 is 10.6 Å². The van der Waals surface area contributed by atoms with Crippen LogP contribution in [-0.4, -0.2) is 35.3 Å². The maximum Gasteiger partial charge on any atom is 0.271 e. The molecule has 0 spiro atoms. The Morgan fingerprint density at radius 1 is 1.58 bits per heavy atom. The molecule has 0 radical (unpaired) electrons. The van der Waals surface area contributed by atoms with Crippen molar-refractivity contribution in [1.82, 2.24) is 20.4 Å². The number of carbonyl (C=O) groups excluding carboxylic acids is 1. The van der Waals surface area contributed by atoms with E-state index in [9.17, 15) is 4.79 Å². The molecule has 0 aliphatic carbocycles. The van der Waals surface area contributed by atoms with E-state index in [1.165, 1.54) is 0 Å². The molecule has 1 aliphatic heterocycles. The summed E-state index contributed by atoms with van der Waals surface area (Å²) in [5, 5.41) is 10.7. The molecule has 1 saturated heterocycles. The minimum absolute atomic E-state index is 0.0857. The Labute approximate surface area is 114 Å². The van der Waals surface area contributed by atoms with Crippen LogP contribution in [0.5, 0.6) is 0 Å². The first-order chi connectivity index (χ1) is 8.96. The molecule has 2 heterocycles. The minimum Gasteiger partial charge on any atom is -0.350 e. The molecule has 1 unspecified atom stereocenters. The number of amides is 1. The molecule has 0 bridgehead atoms. The van der Waals surface area contributed by atoms with Crippen LogP contribution in [0.4, 0.5) is 0 Å². The molecule has 0 aromatic carbocycles. The zero-order valence-corrected chi connectivity index (χ0v) is 12.1. The molecule has 1 amide bonds. The Kier molecular flexibility index (Phi) is 4.24. The Morgan fingerprint density at radius 3 is 3.00 bits per heavy atom. The Balaban J connectivity index is 1.94. The fourth-order valence-electron chi connectivity index (χ4n) is 2.16. The van der Waals surface area contributed by atoms with Crippen LogP contribution in [0.2, 0.25) is 0 Å². The van der Waals surface area contributed by atoms with Crippen LogP contribution >= 0.6 is 0 Å². The normalized spacial score (nSPS) is 20.3. The molecule has 2 N–H and O–H groups in total. The van der Waals surface area contributed by atoms with E-state index in [2.05, 4.69) is 36.5 Å². The van der Waals surface area contributed by atoms with Crippen LogP contribution in [0.3, 0.4) is 0 Å². The quantitative estimate of drug-likeness (QED) is 0.871.